The van der Waals surface area contributed by atoms with Crippen molar-refractivity contribution < 1.29 is 5.32 Å². The maximum absolute atomic E-state index is 4.18. The number of hydrogen-bond acceptors (Lipinski definition) is 1. The standard InChI is InChI=1S/C8H12N2/c1-6-4-8(9-3)5-10-7(6)2/h4-5H,3,9H2,1-2H3. The number of hydrogen-bond donors (Lipinski definition) is 1. The largest absolute Gasteiger partial charge is 0.444 e. The Labute approximate surface area is 61.3 Å². The van der Waals surface area contributed by atoms with Gasteiger partial charge in [-0.15, -0.1) is 7.05 Å². The van der Waals surface area contributed by atoms with Crippen molar-refractivity contribution in [3.8, 4) is 0 Å². The van der Waals surface area contributed by atoms with Gasteiger partial charge in [0.05, 0.1) is 6.20 Å². The van der Waals surface area contributed by atoms with Crippen LogP contribution in [0, 0.1) is 20.9 Å². The molecule has 0 spiro atoms. The van der Waals surface area contributed by atoms with Gasteiger partial charge in [0.2, 0.25) is 0 Å². The van der Waals surface area contributed by atoms with Gasteiger partial charge in [0.1, 0.15) is 5.69 Å². The van der Waals surface area contributed by atoms with E-state index in [0.29, 0.717) is 0 Å². The molecule has 0 aliphatic carbocycles. The first-order chi connectivity index (χ1) is 4.74. The monoisotopic (exact) mass is 136 g/mol. The first-order valence-electron chi connectivity index (χ1n) is 3.29. The van der Waals surface area contributed by atoms with Gasteiger partial charge < -0.3 is 5.32 Å². The van der Waals surface area contributed by atoms with Crippen molar-refractivity contribution in [3.63, 3.8) is 0 Å². The second-order valence-corrected chi connectivity index (χ2v) is 2.38. The molecule has 2 heteroatoms. The summed E-state index contributed by atoms with van der Waals surface area (Å²) < 4.78 is 0. The van der Waals surface area contributed by atoms with Crippen LogP contribution < -0.4 is 5.32 Å². The van der Waals surface area contributed by atoms with E-state index in [1.807, 2.05) is 13.1 Å². The average molecular weight is 136 g/mol. The number of nitrogens with two attached hydrogens (primary N) is 1. The van der Waals surface area contributed by atoms with E-state index in [1.54, 1.807) is 5.32 Å². The number of aromatic nitrogens is 1. The van der Waals surface area contributed by atoms with Gasteiger partial charge in [-0.25, -0.2) is 0 Å². The van der Waals surface area contributed by atoms with E-state index in [-0.39, 0.29) is 0 Å². The number of pyridine rings is 1. The van der Waals surface area contributed by atoms with E-state index in [1.165, 1.54) is 5.56 Å². The minimum Gasteiger partial charge on any atom is -0.444 e. The lowest BCUT2D eigenvalue weighted by Crippen LogP contribution is -2.69. The molecular weight excluding hydrogens is 124 g/mol. The summed E-state index contributed by atoms with van der Waals surface area (Å²) in [5, 5.41) is 1.80. The Balaban J connectivity index is 3.04. The Kier molecular flexibility index (Phi) is 2.02. The van der Waals surface area contributed by atoms with Gasteiger partial charge in [-0.2, -0.15) is 0 Å². The summed E-state index contributed by atoms with van der Waals surface area (Å²) in [6.07, 6.45) is 1.83. The number of aryl methyl sites for hydroxylation is 2. The molecule has 0 aromatic carbocycles. The quantitative estimate of drug-likeness (QED) is 0.565. The van der Waals surface area contributed by atoms with Crippen LogP contribution in [-0.2, 0) is 0 Å². The molecule has 0 aliphatic rings. The maximum Gasteiger partial charge on any atom is 0.122 e. The zero-order valence-corrected chi connectivity index (χ0v) is 6.39. The Bertz CT molecular complexity index is 231. The van der Waals surface area contributed by atoms with Crippen molar-refractivity contribution >= 4 is 5.69 Å². The molecule has 0 atom stereocenters. The van der Waals surface area contributed by atoms with Gasteiger partial charge in [0.15, 0.2) is 0 Å². The van der Waals surface area contributed by atoms with E-state index in [4.69, 9.17) is 0 Å². The highest BCUT2D eigenvalue weighted by atomic mass is 14.8. The van der Waals surface area contributed by atoms with E-state index in [2.05, 4.69) is 25.0 Å². The molecule has 0 saturated heterocycles. The van der Waals surface area contributed by atoms with Gasteiger partial charge in [-0.05, 0) is 19.4 Å². The van der Waals surface area contributed by atoms with Crippen molar-refractivity contribution in [2.45, 2.75) is 13.8 Å². The van der Waals surface area contributed by atoms with Crippen LogP contribution in [0.1, 0.15) is 11.3 Å². The van der Waals surface area contributed by atoms with E-state index < -0.39 is 0 Å². The molecule has 54 valence electrons. The van der Waals surface area contributed by atoms with Crippen LogP contribution in [0.3, 0.4) is 0 Å². The summed E-state index contributed by atoms with van der Waals surface area (Å²) >= 11 is 0. The summed E-state index contributed by atoms with van der Waals surface area (Å²) in [5.41, 5.74) is 3.39. The molecule has 0 unspecified atom stereocenters. The van der Waals surface area contributed by atoms with E-state index in [0.717, 1.165) is 11.4 Å². The van der Waals surface area contributed by atoms with Crippen molar-refractivity contribution in [1.82, 2.24) is 4.98 Å². The first kappa shape index (κ1) is 7.22. The Hall–Kier alpha value is -0.890. The topological polar surface area (TPSA) is 29.5 Å². The first-order valence-corrected chi connectivity index (χ1v) is 3.29. The van der Waals surface area contributed by atoms with Crippen LogP contribution >= 0.6 is 0 Å². The van der Waals surface area contributed by atoms with E-state index >= 15 is 0 Å². The molecule has 0 aliphatic heterocycles. The third-order valence-corrected chi connectivity index (χ3v) is 1.60. The fourth-order valence-corrected chi connectivity index (χ4v) is 0.777. The normalized spacial score (nSPS) is 9.90. The minimum absolute atomic E-state index is 1.09. The Morgan fingerprint density at radius 1 is 1.50 bits per heavy atom. The third-order valence-electron chi connectivity index (χ3n) is 1.60. The number of rotatable bonds is 1. The van der Waals surface area contributed by atoms with Crippen LogP contribution in [0.15, 0.2) is 12.3 Å². The summed E-state index contributed by atoms with van der Waals surface area (Å²) in [6.45, 7) is 4.05. The molecule has 0 fully saturated rings. The van der Waals surface area contributed by atoms with Crippen LogP contribution in [0.2, 0.25) is 0 Å². The fraction of sp³-hybridized carbons (Fsp3) is 0.250. The van der Waals surface area contributed by atoms with Crippen molar-refractivity contribution in [1.29, 1.82) is 0 Å². The highest BCUT2D eigenvalue weighted by Crippen LogP contribution is 2.05. The second-order valence-electron chi connectivity index (χ2n) is 2.38. The predicted molar refractivity (Wildman–Crippen MR) is 40.7 cm³/mol. The molecule has 0 amide bonds. The molecule has 2 nitrogen and oxygen atoms in total. The second kappa shape index (κ2) is 2.80. The van der Waals surface area contributed by atoms with Gasteiger partial charge in [0, 0.05) is 11.8 Å². The third kappa shape index (κ3) is 1.33. The maximum atomic E-state index is 4.18. The summed E-state index contributed by atoms with van der Waals surface area (Å²) in [4.78, 5) is 4.18. The predicted octanol–water partition coefficient (Wildman–Crippen LogP) is 0.685. The molecule has 1 rings (SSSR count). The molecule has 1 aromatic rings. The Morgan fingerprint density at radius 2 is 2.20 bits per heavy atom. The van der Waals surface area contributed by atoms with E-state index in [9.17, 15) is 0 Å². The SMILES string of the molecule is [CH2-][NH2+]c1cnc(C)c(C)c1. The van der Waals surface area contributed by atoms with Crippen molar-refractivity contribution in [2.75, 3.05) is 0 Å². The van der Waals surface area contributed by atoms with Gasteiger partial charge >= 0.3 is 0 Å². The number of nitrogens with zero attached hydrogens (tertiary/aromatic N) is 1. The highest BCUT2D eigenvalue weighted by Gasteiger charge is 1.94. The smallest absolute Gasteiger partial charge is 0.122 e. The number of quaternary nitrogens is 1. The molecule has 0 saturated carbocycles. The molecule has 0 bridgehead atoms. The molecule has 1 aromatic heterocycles. The summed E-state index contributed by atoms with van der Waals surface area (Å²) in [6, 6.07) is 2.08. The Morgan fingerprint density at radius 3 is 2.70 bits per heavy atom. The lowest BCUT2D eigenvalue weighted by molar-refractivity contribution is -0.505. The van der Waals surface area contributed by atoms with Crippen molar-refractivity contribution in [2.24, 2.45) is 0 Å². The lowest BCUT2D eigenvalue weighted by Gasteiger charge is -2.01. The van der Waals surface area contributed by atoms with Crippen molar-refractivity contribution in [3.05, 3.63) is 30.6 Å². The zero-order chi connectivity index (χ0) is 7.56. The van der Waals surface area contributed by atoms with Crippen LogP contribution in [-0.4, -0.2) is 4.98 Å². The van der Waals surface area contributed by atoms with Crippen LogP contribution in [0.5, 0.6) is 0 Å². The van der Waals surface area contributed by atoms with Gasteiger partial charge in [-0.1, -0.05) is 0 Å². The summed E-state index contributed by atoms with van der Waals surface area (Å²) in [5.74, 6) is 0. The van der Waals surface area contributed by atoms with Crippen LogP contribution in [0.25, 0.3) is 0 Å². The minimum atomic E-state index is 1.09. The lowest BCUT2D eigenvalue weighted by atomic mass is 10.2. The zero-order valence-electron chi connectivity index (χ0n) is 6.39. The molecule has 1 heterocycles. The summed E-state index contributed by atoms with van der Waals surface area (Å²) in [7, 11) is 3.66. The highest BCUT2D eigenvalue weighted by molar-refractivity contribution is 5.31. The van der Waals surface area contributed by atoms with Gasteiger partial charge in [-0.3, -0.25) is 4.98 Å². The molecular formula is C8H12N2. The fourth-order valence-electron chi connectivity index (χ4n) is 0.777. The molecule has 0 radical (unpaired) electrons. The van der Waals surface area contributed by atoms with Crippen LogP contribution in [0.4, 0.5) is 5.69 Å². The molecule has 10 heavy (non-hydrogen) atoms. The molecule has 2 N–H and O–H groups in total. The average Bonchev–Trinajstić information content (AvgIpc) is 1.95. The van der Waals surface area contributed by atoms with Gasteiger partial charge in [0.25, 0.3) is 0 Å².